The minimum absolute atomic E-state index is 0.0737. The number of hydrogen-bond donors (Lipinski definition) is 2. The zero-order valence-electron chi connectivity index (χ0n) is 10.5. The Bertz CT molecular complexity index is 536. The van der Waals surface area contributed by atoms with Crippen LogP contribution in [0.5, 0.6) is 0 Å². The number of halogens is 1. The Labute approximate surface area is 106 Å². The van der Waals surface area contributed by atoms with E-state index in [4.69, 9.17) is 5.84 Å². The van der Waals surface area contributed by atoms with E-state index in [9.17, 15) is 4.39 Å². The Morgan fingerprint density at radius 2 is 2.22 bits per heavy atom. The van der Waals surface area contributed by atoms with Crippen LogP contribution < -0.4 is 11.3 Å². The maximum Gasteiger partial charge on any atom is 0.123 e. The van der Waals surface area contributed by atoms with Crippen LogP contribution in [0.25, 0.3) is 0 Å². The summed E-state index contributed by atoms with van der Waals surface area (Å²) in [5.41, 5.74) is 5.61. The van der Waals surface area contributed by atoms with E-state index in [0.717, 1.165) is 16.8 Å². The molecule has 1 aromatic heterocycles. The third-order valence-corrected chi connectivity index (χ3v) is 3.02. The lowest BCUT2D eigenvalue weighted by Gasteiger charge is -2.15. The zero-order valence-corrected chi connectivity index (χ0v) is 10.5. The fourth-order valence-corrected chi connectivity index (χ4v) is 1.98. The maximum absolute atomic E-state index is 13.0. The molecule has 18 heavy (non-hydrogen) atoms. The molecule has 0 saturated carbocycles. The maximum atomic E-state index is 13.0. The quantitative estimate of drug-likeness (QED) is 0.638. The molecular formula is C13H17FN4. The van der Waals surface area contributed by atoms with Gasteiger partial charge in [-0.3, -0.25) is 16.0 Å². The van der Waals surface area contributed by atoms with Crippen LogP contribution in [-0.2, 0) is 13.5 Å². The van der Waals surface area contributed by atoms with E-state index in [1.807, 2.05) is 26.2 Å². The highest BCUT2D eigenvalue weighted by atomic mass is 19.1. The van der Waals surface area contributed by atoms with Crippen LogP contribution in [0.2, 0.25) is 0 Å². The molecular weight excluding hydrogens is 231 g/mol. The number of hydrogen-bond acceptors (Lipinski definition) is 3. The van der Waals surface area contributed by atoms with Gasteiger partial charge in [0.25, 0.3) is 0 Å². The van der Waals surface area contributed by atoms with Gasteiger partial charge < -0.3 is 0 Å². The molecule has 0 fully saturated rings. The number of nitrogens with two attached hydrogens (primary N) is 1. The van der Waals surface area contributed by atoms with Crippen molar-refractivity contribution in [1.82, 2.24) is 15.2 Å². The predicted molar refractivity (Wildman–Crippen MR) is 68.1 cm³/mol. The Hall–Kier alpha value is -1.72. The minimum Gasteiger partial charge on any atom is -0.275 e. The molecule has 0 aliphatic heterocycles. The molecule has 0 radical (unpaired) electrons. The van der Waals surface area contributed by atoms with Crippen molar-refractivity contribution >= 4 is 0 Å². The summed E-state index contributed by atoms with van der Waals surface area (Å²) in [6.07, 6.45) is 2.55. The molecule has 5 heteroatoms. The SMILES string of the molecule is Cc1cc(F)ccc1CC(NN)c1ccn(C)n1. The number of hydrazine groups is 1. The van der Waals surface area contributed by atoms with Crippen molar-refractivity contribution in [2.24, 2.45) is 12.9 Å². The second-order valence-electron chi connectivity index (χ2n) is 4.41. The normalized spacial score (nSPS) is 12.7. The molecule has 1 heterocycles. The van der Waals surface area contributed by atoms with E-state index >= 15 is 0 Å². The average Bonchev–Trinajstić information content (AvgIpc) is 2.75. The fourth-order valence-electron chi connectivity index (χ4n) is 1.98. The van der Waals surface area contributed by atoms with Gasteiger partial charge in [-0.05, 0) is 42.7 Å². The van der Waals surface area contributed by atoms with Crippen molar-refractivity contribution in [2.75, 3.05) is 0 Å². The number of aryl methyl sites for hydroxylation is 2. The van der Waals surface area contributed by atoms with Gasteiger partial charge in [0, 0.05) is 13.2 Å². The molecule has 0 amide bonds. The molecule has 1 atom stereocenters. The largest absolute Gasteiger partial charge is 0.275 e. The van der Waals surface area contributed by atoms with Crippen LogP contribution in [0.1, 0.15) is 22.9 Å². The van der Waals surface area contributed by atoms with Crippen molar-refractivity contribution in [3.63, 3.8) is 0 Å². The van der Waals surface area contributed by atoms with E-state index in [1.165, 1.54) is 12.1 Å². The van der Waals surface area contributed by atoms with Crippen molar-refractivity contribution in [1.29, 1.82) is 0 Å². The Morgan fingerprint density at radius 1 is 1.44 bits per heavy atom. The van der Waals surface area contributed by atoms with Crippen LogP contribution >= 0.6 is 0 Å². The molecule has 4 nitrogen and oxygen atoms in total. The van der Waals surface area contributed by atoms with E-state index < -0.39 is 0 Å². The molecule has 1 unspecified atom stereocenters. The smallest absolute Gasteiger partial charge is 0.123 e. The van der Waals surface area contributed by atoms with Crippen LogP contribution in [0.3, 0.4) is 0 Å². The first kappa shape index (κ1) is 12.7. The summed E-state index contributed by atoms with van der Waals surface area (Å²) < 4.78 is 14.8. The summed E-state index contributed by atoms with van der Waals surface area (Å²) in [4.78, 5) is 0. The van der Waals surface area contributed by atoms with Gasteiger partial charge in [-0.1, -0.05) is 6.07 Å². The third-order valence-electron chi connectivity index (χ3n) is 3.02. The molecule has 0 saturated heterocycles. The zero-order chi connectivity index (χ0) is 13.1. The van der Waals surface area contributed by atoms with Gasteiger partial charge in [-0.2, -0.15) is 5.10 Å². The second kappa shape index (κ2) is 5.29. The molecule has 2 rings (SSSR count). The second-order valence-corrected chi connectivity index (χ2v) is 4.41. The number of nitrogens with zero attached hydrogens (tertiary/aromatic N) is 2. The Kier molecular flexibility index (Phi) is 3.74. The standard InChI is InChI=1S/C13H17FN4/c1-9-7-11(14)4-3-10(9)8-13(16-15)12-5-6-18(2)17-12/h3-7,13,16H,8,15H2,1-2H3. The monoisotopic (exact) mass is 248 g/mol. The van der Waals surface area contributed by atoms with Gasteiger partial charge in [0.2, 0.25) is 0 Å². The average molecular weight is 248 g/mol. The highest BCUT2D eigenvalue weighted by molar-refractivity contribution is 5.28. The molecule has 3 N–H and O–H groups in total. The molecule has 0 aliphatic carbocycles. The lowest BCUT2D eigenvalue weighted by atomic mass is 9.99. The van der Waals surface area contributed by atoms with Gasteiger partial charge in [-0.25, -0.2) is 4.39 Å². The summed E-state index contributed by atoms with van der Waals surface area (Å²) in [6, 6.07) is 6.63. The first-order valence-corrected chi connectivity index (χ1v) is 5.81. The number of rotatable bonds is 4. The van der Waals surface area contributed by atoms with E-state index in [-0.39, 0.29) is 11.9 Å². The third kappa shape index (κ3) is 2.75. The summed E-state index contributed by atoms with van der Waals surface area (Å²) in [5, 5.41) is 4.33. The van der Waals surface area contributed by atoms with E-state index in [0.29, 0.717) is 6.42 Å². The number of nitrogens with one attached hydrogen (secondary N) is 1. The van der Waals surface area contributed by atoms with Gasteiger partial charge in [-0.15, -0.1) is 0 Å². The Balaban J connectivity index is 2.20. The van der Waals surface area contributed by atoms with Gasteiger partial charge in [0.1, 0.15) is 5.82 Å². The number of aromatic nitrogens is 2. The van der Waals surface area contributed by atoms with Crippen molar-refractivity contribution in [3.05, 3.63) is 53.1 Å². The van der Waals surface area contributed by atoms with Crippen LogP contribution in [-0.4, -0.2) is 9.78 Å². The van der Waals surface area contributed by atoms with Gasteiger partial charge in [0.15, 0.2) is 0 Å². The van der Waals surface area contributed by atoms with E-state index in [1.54, 1.807) is 10.7 Å². The van der Waals surface area contributed by atoms with Crippen LogP contribution in [0, 0.1) is 12.7 Å². The first-order valence-electron chi connectivity index (χ1n) is 5.81. The lowest BCUT2D eigenvalue weighted by Crippen LogP contribution is -2.30. The van der Waals surface area contributed by atoms with Crippen molar-refractivity contribution in [3.8, 4) is 0 Å². The van der Waals surface area contributed by atoms with Gasteiger partial charge in [0.05, 0.1) is 11.7 Å². The first-order chi connectivity index (χ1) is 8.60. The van der Waals surface area contributed by atoms with Crippen molar-refractivity contribution < 1.29 is 4.39 Å². The molecule has 0 aliphatic rings. The molecule has 96 valence electrons. The summed E-state index contributed by atoms with van der Waals surface area (Å²) >= 11 is 0. The topological polar surface area (TPSA) is 55.9 Å². The van der Waals surface area contributed by atoms with Crippen molar-refractivity contribution in [2.45, 2.75) is 19.4 Å². The highest BCUT2D eigenvalue weighted by Gasteiger charge is 2.14. The van der Waals surface area contributed by atoms with E-state index in [2.05, 4.69) is 10.5 Å². The predicted octanol–water partition coefficient (Wildman–Crippen LogP) is 1.61. The lowest BCUT2D eigenvalue weighted by molar-refractivity contribution is 0.527. The number of benzene rings is 1. The molecule has 0 bridgehead atoms. The molecule has 0 spiro atoms. The summed E-state index contributed by atoms with van der Waals surface area (Å²) in [5.74, 6) is 5.35. The fraction of sp³-hybridized carbons (Fsp3) is 0.308. The molecule has 1 aromatic carbocycles. The summed E-state index contributed by atoms with van der Waals surface area (Å²) in [6.45, 7) is 1.89. The van der Waals surface area contributed by atoms with Gasteiger partial charge >= 0.3 is 0 Å². The highest BCUT2D eigenvalue weighted by Crippen LogP contribution is 2.19. The van der Waals surface area contributed by atoms with Crippen LogP contribution in [0.15, 0.2) is 30.5 Å². The Morgan fingerprint density at radius 3 is 2.78 bits per heavy atom. The minimum atomic E-state index is -0.216. The molecule has 2 aromatic rings. The van der Waals surface area contributed by atoms with Crippen LogP contribution in [0.4, 0.5) is 4.39 Å². The summed E-state index contributed by atoms with van der Waals surface area (Å²) in [7, 11) is 1.86.